The molecule has 0 unspecified atom stereocenters. The van der Waals surface area contributed by atoms with Gasteiger partial charge in [0.1, 0.15) is 12.9 Å². The maximum atomic E-state index is 4.73. The van der Waals surface area contributed by atoms with E-state index < -0.39 is 0 Å². The van der Waals surface area contributed by atoms with Gasteiger partial charge in [0.2, 0.25) is 0 Å². The van der Waals surface area contributed by atoms with Crippen LogP contribution in [0.3, 0.4) is 0 Å². The summed E-state index contributed by atoms with van der Waals surface area (Å²) in [4.78, 5) is 7.99. The summed E-state index contributed by atoms with van der Waals surface area (Å²) in [6, 6.07) is 0. The Bertz CT molecular complexity index is 144. The fraction of sp³-hybridized carbons (Fsp3) is 0.333. The van der Waals surface area contributed by atoms with E-state index in [1.807, 2.05) is 0 Å². The molecule has 0 aliphatic heterocycles. The van der Waals surface area contributed by atoms with E-state index in [9.17, 15) is 0 Å². The molecule has 0 bridgehead atoms. The summed E-state index contributed by atoms with van der Waals surface area (Å²) in [7, 11) is 0. The van der Waals surface area contributed by atoms with Gasteiger partial charge in [-0.15, -0.1) is 24.8 Å². The average Bonchev–Trinajstić information content (AvgIpc) is 2.19. The van der Waals surface area contributed by atoms with E-state index in [1.165, 1.54) is 6.33 Å². The average molecular weight is 187 g/mol. The molecule has 0 radical (unpaired) electrons. The van der Waals surface area contributed by atoms with Crippen LogP contribution in [0.1, 0.15) is 5.82 Å². The number of hydrogen-bond donors (Lipinski definition) is 2. The van der Waals surface area contributed by atoms with Crippen molar-refractivity contribution in [3.05, 3.63) is 12.2 Å². The van der Waals surface area contributed by atoms with Crippen molar-refractivity contribution in [3.63, 3.8) is 0 Å². The quantitative estimate of drug-likeness (QED) is 0.640. The first-order valence-corrected chi connectivity index (χ1v) is 2.09. The lowest BCUT2D eigenvalue weighted by Gasteiger charge is -1.87. The zero-order chi connectivity index (χ0) is 5.82. The molecule has 1 aromatic heterocycles. The van der Waals surface area contributed by atoms with Gasteiger partial charge in [0.05, 0.1) is 0 Å². The summed E-state index contributed by atoms with van der Waals surface area (Å²) >= 11 is 0. The summed E-state index contributed by atoms with van der Waals surface area (Å²) in [5, 5.41) is 6.14. The standard InChI is InChI=1S/C3H6N4O.2ClH/c4-8-1-3-5-2-6-7-3;;/h2H,1,4H2,(H,5,6,7);2*1H. The Morgan fingerprint density at radius 2 is 2.30 bits per heavy atom. The van der Waals surface area contributed by atoms with Crippen molar-refractivity contribution in [2.24, 2.45) is 5.90 Å². The molecule has 0 saturated heterocycles. The highest BCUT2D eigenvalue weighted by Gasteiger charge is 1.89. The van der Waals surface area contributed by atoms with Gasteiger partial charge in [0.15, 0.2) is 5.82 Å². The molecule has 0 atom stereocenters. The minimum absolute atomic E-state index is 0. The van der Waals surface area contributed by atoms with Gasteiger partial charge in [-0.1, -0.05) is 0 Å². The van der Waals surface area contributed by atoms with Crippen molar-refractivity contribution >= 4 is 24.8 Å². The zero-order valence-electron chi connectivity index (χ0n) is 4.98. The van der Waals surface area contributed by atoms with Gasteiger partial charge < -0.3 is 0 Å². The number of aromatic amines is 1. The van der Waals surface area contributed by atoms with E-state index in [1.54, 1.807) is 0 Å². The van der Waals surface area contributed by atoms with Crippen molar-refractivity contribution < 1.29 is 4.84 Å². The third kappa shape index (κ3) is 3.62. The predicted octanol–water partition coefficient (Wildman–Crippen LogP) is 0.0386. The van der Waals surface area contributed by atoms with Crippen LogP contribution in [0.25, 0.3) is 0 Å². The molecule has 7 heteroatoms. The molecular weight excluding hydrogens is 179 g/mol. The Labute approximate surface area is 70.1 Å². The smallest absolute Gasteiger partial charge is 0.152 e. The van der Waals surface area contributed by atoms with Gasteiger partial charge >= 0.3 is 0 Å². The van der Waals surface area contributed by atoms with Crippen molar-refractivity contribution in [1.82, 2.24) is 15.2 Å². The topological polar surface area (TPSA) is 76.8 Å². The number of H-pyrrole nitrogens is 1. The number of halogens is 2. The van der Waals surface area contributed by atoms with E-state index in [4.69, 9.17) is 5.90 Å². The van der Waals surface area contributed by atoms with E-state index in [0.29, 0.717) is 5.82 Å². The first kappa shape index (κ1) is 12.3. The third-order valence-electron chi connectivity index (χ3n) is 0.685. The van der Waals surface area contributed by atoms with Gasteiger partial charge in [-0.25, -0.2) is 10.9 Å². The Hall–Kier alpha value is -0.360. The molecule has 0 saturated carbocycles. The highest BCUT2D eigenvalue weighted by atomic mass is 35.5. The number of nitrogens with two attached hydrogens (primary N) is 1. The fourth-order valence-electron chi connectivity index (χ4n) is 0.379. The molecule has 10 heavy (non-hydrogen) atoms. The summed E-state index contributed by atoms with van der Waals surface area (Å²) < 4.78 is 0. The van der Waals surface area contributed by atoms with Crippen LogP contribution in [0.5, 0.6) is 0 Å². The third-order valence-corrected chi connectivity index (χ3v) is 0.685. The number of rotatable bonds is 2. The minimum Gasteiger partial charge on any atom is -0.297 e. The molecule has 3 N–H and O–H groups in total. The summed E-state index contributed by atoms with van der Waals surface area (Å²) in [5.74, 6) is 5.36. The van der Waals surface area contributed by atoms with Gasteiger partial charge in [0.25, 0.3) is 0 Å². The largest absolute Gasteiger partial charge is 0.297 e. The molecule has 5 nitrogen and oxygen atoms in total. The number of nitrogens with zero attached hydrogens (tertiary/aromatic N) is 2. The van der Waals surface area contributed by atoms with Crippen molar-refractivity contribution in [3.8, 4) is 0 Å². The van der Waals surface area contributed by atoms with Crippen molar-refractivity contribution in [2.75, 3.05) is 0 Å². The van der Waals surface area contributed by atoms with Gasteiger partial charge in [0, 0.05) is 0 Å². The molecule has 0 spiro atoms. The summed E-state index contributed by atoms with van der Waals surface area (Å²) in [6.07, 6.45) is 1.40. The van der Waals surface area contributed by atoms with Crippen molar-refractivity contribution in [1.29, 1.82) is 0 Å². The Balaban J connectivity index is 0. The van der Waals surface area contributed by atoms with Crippen LogP contribution in [0.2, 0.25) is 0 Å². The lowest BCUT2D eigenvalue weighted by atomic mass is 10.7. The second-order valence-electron chi connectivity index (χ2n) is 1.24. The highest BCUT2D eigenvalue weighted by Crippen LogP contribution is 1.83. The van der Waals surface area contributed by atoms with Crippen LogP contribution in [0, 0.1) is 0 Å². The number of aromatic nitrogens is 3. The second kappa shape index (κ2) is 6.76. The minimum atomic E-state index is 0. The summed E-state index contributed by atoms with van der Waals surface area (Å²) in [6.45, 7) is 0.278. The lowest BCUT2D eigenvalue weighted by Crippen LogP contribution is -2.00. The SMILES string of the molecule is Cl.Cl.NOCc1ncn[nH]1. The Kier molecular flexibility index (Phi) is 8.33. The molecule has 1 heterocycles. The molecule has 0 aliphatic carbocycles. The Morgan fingerprint density at radius 1 is 1.60 bits per heavy atom. The molecule has 0 fully saturated rings. The van der Waals surface area contributed by atoms with Crippen LogP contribution in [0.4, 0.5) is 0 Å². The molecule has 60 valence electrons. The first-order chi connectivity index (χ1) is 3.93. The summed E-state index contributed by atoms with van der Waals surface area (Å²) in [5.41, 5.74) is 0. The maximum absolute atomic E-state index is 4.73. The van der Waals surface area contributed by atoms with Gasteiger partial charge in [-0.3, -0.25) is 9.94 Å². The van der Waals surface area contributed by atoms with Gasteiger partial charge in [-0.05, 0) is 0 Å². The van der Waals surface area contributed by atoms with E-state index >= 15 is 0 Å². The zero-order valence-corrected chi connectivity index (χ0v) is 6.61. The van der Waals surface area contributed by atoms with E-state index in [2.05, 4.69) is 20.0 Å². The molecule has 1 aromatic rings. The molecular formula is C3H8Cl2N4O. The number of hydrogen-bond acceptors (Lipinski definition) is 4. The van der Waals surface area contributed by atoms with Crippen LogP contribution < -0.4 is 5.90 Å². The maximum Gasteiger partial charge on any atom is 0.152 e. The van der Waals surface area contributed by atoms with Crippen LogP contribution in [-0.2, 0) is 11.4 Å². The first-order valence-electron chi connectivity index (χ1n) is 2.09. The van der Waals surface area contributed by atoms with Crippen LogP contribution in [0.15, 0.2) is 6.33 Å². The van der Waals surface area contributed by atoms with Crippen LogP contribution in [-0.4, -0.2) is 15.2 Å². The lowest BCUT2D eigenvalue weighted by molar-refractivity contribution is 0.118. The molecule has 0 aromatic carbocycles. The highest BCUT2D eigenvalue weighted by molar-refractivity contribution is 5.85. The van der Waals surface area contributed by atoms with E-state index in [-0.39, 0.29) is 31.4 Å². The monoisotopic (exact) mass is 186 g/mol. The van der Waals surface area contributed by atoms with Crippen LogP contribution >= 0.6 is 24.8 Å². The second-order valence-corrected chi connectivity index (χ2v) is 1.24. The fourth-order valence-corrected chi connectivity index (χ4v) is 0.379. The molecule has 1 rings (SSSR count). The van der Waals surface area contributed by atoms with E-state index in [0.717, 1.165) is 0 Å². The van der Waals surface area contributed by atoms with Gasteiger partial charge in [-0.2, -0.15) is 5.10 Å². The normalized spacial score (nSPS) is 7.70. The predicted molar refractivity (Wildman–Crippen MR) is 39.9 cm³/mol. The Morgan fingerprint density at radius 3 is 2.70 bits per heavy atom. The molecule has 0 amide bonds. The number of nitrogens with one attached hydrogen (secondary N) is 1. The van der Waals surface area contributed by atoms with Crippen molar-refractivity contribution in [2.45, 2.75) is 6.61 Å². The molecule has 0 aliphatic rings.